The molecule has 0 spiro atoms. The first kappa shape index (κ1) is 18.1. The molecule has 1 amide bonds. The standard InChI is InChI=1S/C19H20N2O4S/c1-13-12-20(18-6-4-5-7-19(18)21(13)15(3)23)26(24,25)17-10-8-16(9-11-17)14(2)22/h4-11,13H,12H2,1-3H3/t13-/m0/s1. The quantitative estimate of drug-likeness (QED) is 0.777. The van der Waals surface area contributed by atoms with Gasteiger partial charge >= 0.3 is 0 Å². The van der Waals surface area contributed by atoms with Crippen molar-refractivity contribution in [3.8, 4) is 0 Å². The number of Topliss-reactive ketones (excluding diaryl/α,β-unsaturated/α-hetero) is 1. The van der Waals surface area contributed by atoms with E-state index < -0.39 is 10.0 Å². The fourth-order valence-corrected chi connectivity index (χ4v) is 4.79. The van der Waals surface area contributed by atoms with Crippen LogP contribution < -0.4 is 9.21 Å². The third kappa shape index (κ3) is 2.99. The van der Waals surface area contributed by atoms with Crippen LogP contribution in [-0.4, -0.2) is 32.7 Å². The highest BCUT2D eigenvalue weighted by atomic mass is 32.2. The van der Waals surface area contributed by atoms with Crippen molar-refractivity contribution >= 4 is 33.1 Å². The lowest BCUT2D eigenvalue weighted by molar-refractivity contribution is -0.117. The number of carbonyl (C=O) groups is 2. The molecule has 0 N–H and O–H groups in total. The number of hydrogen-bond acceptors (Lipinski definition) is 4. The average molecular weight is 372 g/mol. The summed E-state index contributed by atoms with van der Waals surface area (Å²) in [5.41, 5.74) is 1.50. The second-order valence-electron chi connectivity index (χ2n) is 6.34. The van der Waals surface area contributed by atoms with E-state index in [0.29, 0.717) is 16.9 Å². The molecule has 2 aromatic rings. The molecule has 0 aromatic heterocycles. The van der Waals surface area contributed by atoms with E-state index in [0.717, 1.165) is 0 Å². The van der Waals surface area contributed by atoms with Crippen LogP contribution in [0.25, 0.3) is 0 Å². The Labute approximate surface area is 153 Å². The molecule has 0 unspecified atom stereocenters. The van der Waals surface area contributed by atoms with Gasteiger partial charge in [-0.05, 0) is 38.1 Å². The van der Waals surface area contributed by atoms with E-state index in [1.54, 1.807) is 29.2 Å². The molecule has 1 aliphatic rings. The first-order valence-corrected chi connectivity index (χ1v) is 9.70. The predicted molar refractivity (Wildman–Crippen MR) is 100 cm³/mol. The van der Waals surface area contributed by atoms with Crippen molar-refractivity contribution in [2.45, 2.75) is 31.7 Å². The Kier molecular flexibility index (Phi) is 4.58. The van der Waals surface area contributed by atoms with Crippen LogP contribution >= 0.6 is 0 Å². The molecule has 1 atom stereocenters. The first-order chi connectivity index (χ1) is 12.2. The van der Waals surface area contributed by atoms with Gasteiger partial charge in [-0.15, -0.1) is 0 Å². The van der Waals surface area contributed by atoms with Crippen molar-refractivity contribution in [2.24, 2.45) is 0 Å². The van der Waals surface area contributed by atoms with Crippen molar-refractivity contribution in [3.63, 3.8) is 0 Å². The Morgan fingerprint density at radius 3 is 2.08 bits per heavy atom. The second-order valence-corrected chi connectivity index (χ2v) is 8.21. The van der Waals surface area contributed by atoms with Crippen LogP contribution in [0.5, 0.6) is 0 Å². The Morgan fingerprint density at radius 2 is 1.54 bits per heavy atom. The number of hydrogen-bond donors (Lipinski definition) is 0. The lowest BCUT2D eigenvalue weighted by Crippen LogP contribution is -2.51. The number of fused-ring (bicyclic) bond motifs is 1. The molecule has 0 aliphatic carbocycles. The smallest absolute Gasteiger partial charge is 0.264 e. The molecular formula is C19H20N2O4S. The second kappa shape index (κ2) is 6.57. The van der Waals surface area contributed by atoms with Gasteiger partial charge in [0.1, 0.15) is 0 Å². The highest BCUT2D eigenvalue weighted by molar-refractivity contribution is 7.92. The Morgan fingerprint density at radius 1 is 0.962 bits per heavy atom. The van der Waals surface area contributed by atoms with E-state index >= 15 is 0 Å². The number of carbonyl (C=O) groups excluding carboxylic acids is 2. The van der Waals surface area contributed by atoms with E-state index in [4.69, 9.17) is 0 Å². The van der Waals surface area contributed by atoms with E-state index in [2.05, 4.69) is 0 Å². The summed E-state index contributed by atoms with van der Waals surface area (Å²) in [5.74, 6) is -0.254. The number of amides is 1. The molecule has 26 heavy (non-hydrogen) atoms. The highest BCUT2D eigenvalue weighted by Gasteiger charge is 2.36. The largest absolute Gasteiger partial charge is 0.306 e. The van der Waals surface area contributed by atoms with Gasteiger partial charge in [0.05, 0.1) is 28.9 Å². The molecule has 6 nitrogen and oxygen atoms in total. The maximum Gasteiger partial charge on any atom is 0.264 e. The van der Waals surface area contributed by atoms with Crippen LogP contribution in [0.15, 0.2) is 53.4 Å². The molecule has 1 heterocycles. The Hall–Kier alpha value is -2.67. The number of ketones is 1. The van der Waals surface area contributed by atoms with Crippen LogP contribution in [0.2, 0.25) is 0 Å². The Bertz CT molecular complexity index is 967. The van der Waals surface area contributed by atoms with E-state index in [9.17, 15) is 18.0 Å². The van der Waals surface area contributed by atoms with Crippen molar-refractivity contribution < 1.29 is 18.0 Å². The van der Waals surface area contributed by atoms with Crippen LogP contribution in [-0.2, 0) is 14.8 Å². The molecule has 0 radical (unpaired) electrons. The van der Waals surface area contributed by atoms with Gasteiger partial charge in [0.25, 0.3) is 10.0 Å². The summed E-state index contributed by atoms with van der Waals surface area (Å²) in [6.45, 7) is 4.88. The number of nitrogens with zero attached hydrogens (tertiary/aromatic N) is 2. The molecule has 0 fully saturated rings. The van der Waals surface area contributed by atoms with Crippen molar-refractivity contribution in [3.05, 3.63) is 54.1 Å². The first-order valence-electron chi connectivity index (χ1n) is 8.26. The molecule has 7 heteroatoms. The number of sulfonamides is 1. The third-order valence-electron chi connectivity index (χ3n) is 4.47. The number of para-hydroxylation sites is 2. The summed E-state index contributed by atoms with van der Waals surface area (Å²) in [4.78, 5) is 25.2. The zero-order valence-corrected chi connectivity index (χ0v) is 15.7. The maximum absolute atomic E-state index is 13.2. The van der Waals surface area contributed by atoms with Crippen LogP contribution in [0.1, 0.15) is 31.1 Å². The summed E-state index contributed by atoms with van der Waals surface area (Å²) < 4.78 is 27.7. The Balaban J connectivity index is 2.09. The summed E-state index contributed by atoms with van der Waals surface area (Å²) >= 11 is 0. The molecule has 0 saturated heterocycles. The van der Waals surface area contributed by atoms with Gasteiger partial charge in [0.15, 0.2) is 5.78 Å². The van der Waals surface area contributed by atoms with Gasteiger partial charge in [-0.25, -0.2) is 8.42 Å². The maximum atomic E-state index is 13.2. The summed E-state index contributed by atoms with van der Waals surface area (Å²) in [7, 11) is -3.82. The van der Waals surface area contributed by atoms with E-state index in [1.165, 1.54) is 42.4 Å². The average Bonchev–Trinajstić information content (AvgIpc) is 2.60. The molecule has 3 rings (SSSR count). The SMILES string of the molecule is CC(=O)c1ccc(S(=O)(=O)N2C[C@H](C)N(C(C)=O)c3ccccc32)cc1. The molecule has 136 valence electrons. The minimum Gasteiger partial charge on any atom is -0.306 e. The summed E-state index contributed by atoms with van der Waals surface area (Å²) in [6, 6.07) is 12.6. The van der Waals surface area contributed by atoms with Gasteiger partial charge < -0.3 is 4.90 Å². The number of rotatable bonds is 3. The number of anilines is 2. The molecular weight excluding hydrogens is 352 g/mol. The molecule has 2 aromatic carbocycles. The summed E-state index contributed by atoms with van der Waals surface area (Å²) in [6.07, 6.45) is 0. The van der Waals surface area contributed by atoms with E-state index in [1.807, 2.05) is 6.92 Å². The van der Waals surface area contributed by atoms with Crippen molar-refractivity contribution in [1.82, 2.24) is 0 Å². The van der Waals surface area contributed by atoms with Gasteiger partial charge in [0.2, 0.25) is 5.91 Å². The lowest BCUT2D eigenvalue weighted by Gasteiger charge is -2.40. The lowest BCUT2D eigenvalue weighted by atomic mass is 10.1. The van der Waals surface area contributed by atoms with Gasteiger partial charge in [-0.3, -0.25) is 13.9 Å². The zero-order valence-electron chi connectivity index (χ0n) is 14.8. The third-order valence-corrected chi connectivity index (χ3v) is 6.26. The van der Waals surface area contributed by atoms with Crippen molar-refractivity contribution in [1.29, 1.82) is 0 Å². The van der Waals surface area contributed by atoms with Gasteiger partial charge in [-0.1, -0.05) is 24.3 Å². The fourth-order valence-electron chi connectivity index (χ4n) is 3.23. The summed E-state index contributed by atoms with van der Waals surface area (Å²) in [5, 5.41) is 0. The molecule has 0 bridgehead atoms. The van der Waals surface area contributed by atoms with Crippen molar-refractivity contribution in [2.75, 3.05) is 15.7 Å². The predicted octanol–water partition coefficient (Wildman–Crippen LogP) is 2.84. The van der Waals surface area contributed by atoms with Crippen LogP contribution in [0.3, 0.4) is 0 Å². The minimum absolute atomic E-state index is 0.112. The number of benzene rings is 2. The topological polar surface area (TPSA) is 74.8 Å². The van der Waals surface area contributed by atoms with Crippen LogP contribution in [0.4, 0.5) is 11.4 Å². The van der Waals surface area contributed by atoms with Gasteiger partial charge in [-0.2, -0.15) is 0 Å². The van der Waals surface area contributed by atoms with Gasteiger partial charge in [0, 0.05) is 12.5 Å². The monoisotopic (exact) mass is 372 g/mol. The van der Waals surface area contributed by atoms with E-state index in [-0.39, 0.29) is 29.2 Å². The minimum atomic E-state index is -3.82. The zero-order chi connectivity index (χ0) is 19.1. The molecule has 1 aliphatic heterocycles. The normalized spacial score (nSPS) is 17.0. The van der Waals surface area contributed by atoms with Crippen LogP contribution in [0, 0.1) is 0 Å². The molecule has 0 saturated carbocycles. The fraction of sp³-hybridized carbons (Fsp3) is 0.263. The highest BCUT2D eigenvalue weighted by Crippen LogP contribution is 2.38.